The summed E-state index contributed by atoms with van der Waals surface area (Å²) in [6.07, 6.45) is 51.8. The summed E-state index contributed by atoms with van der Waals surface area (Å²) in [6, 6.07) is 0. The lowest BCUT2D eigenvalue weighted by atomic mass is 10.0. The third-order valence-electron chi connectivity index (χ3n) is 10.7. The molecule has 0 aromatic heterocycles. The van der Waals surface area contributed by atoms with Gasteiger partial charge in [-0.15, -0.1) is 0 Å². The van der Waals surface area contributed by atoms with Crippen LogP contribution in [0.15, 0.2) is 0 Å². The number of carbonyl (C=O) groups is 1. The van der Waals surface area contributed by atoms with Crippen LogP contribution in [-0.4, -0.2) is 37.0 Å². The topological polar surface area (TPSA) is 55.8 Å². The smallest absolute Gasteiger partial charge is 0.306 e. The number of hydrogen-bond acceptors (Lipinski definition) is 4. The SMILES string of the molecule is CCCCCCCCCCCCCCCCCCCCCCCCCCC(=O)OC(CO)COCCCCCCCCCCCCCCCC. The van der Waals surface area contributed by atoms with E-state index in [0.717, 1.165) is 19.3 Å². The van der Waals surface area contributed by atoms with Crippen LogP contribution in [0.1, 0.15) is 264 Å². The van der Waals surface area contributed by atoms with E-state index in [1.165, 1.54) is 225 Å². The second-order valence-corrected chi connectivity index (χ2v) is 15.8. The monoisotopic (exact) mass is 709 g/mol. The van der Waals surface area contributed by atoms with Gasteiger partial charge in [-0.2, -0.15) is 0 Å². The number of carbonyl (C=O) groups excluding carboxylic acids is 1. The summed E-state index contributed by atoms with van der Waals surface area (Å²) in [7, 11) is 0. The summed E-state index contributed by atoms with van der Waals surface area (Å²) in [6.45, 7) is 5.41. The summed E-state index contributed by atoms with van der Waals surface area (Å²) in [5.74, 6) is -0.192. The minimum atomic E-state index is -0.525. The zero-order valence-electron chi connectivity index (χ0n) is 34.4. The minimum absolute atomic E-state index is 0.163. The summed E-state index contributed by atoms with van der Waals surface area (Å²) in [5.41, 5.74) is 0. The number of rotatable bonds is 44. The van der Waals surface area contributed by atoms with Gasteiger partial charge in [0.15, 0.2) is 0 Å². The van der Waals surface area contributed by atoms with Crippen LogP contribution in [0.3, 0.4) is 0 Å². The largest absolute Gasteiger partial charge is 0.457 e. The average molecular weight is 709 g/mol. The van der Waals surface area contributed by atoms with Crippen LogP contribution in [0.2, 0.25) is 0 Å². The maximum atomic E-state index is 12.2. The van der Waals surface area contributed by atoms with Gasteiger partial charge in [0.2, 0.25) is 0 Å². The molecule has 1 unspecified atom stereocenters. The number of unbranched alkanes of at least 4 members (excludes halogenated alkanes) is 36. The van der Waals surface area contributed by atoms with Crippen molar-refractivity contribution in [1.29, 1.82) is 0 Å². The highest BCUT2D eigenvalue weighted by molar-refractivity contribution is 5.69. The van der Waals surface area contributed by atoms with E-state index < -0.39 is 6.10 Å². The van der Waals surface area contributed by atoms with Crippen molar-refractivity contribution in [3.05, 3.63) is 0 Å². The number of esters is 1. The molecule has 0 fully saturated rings. The van der Waals surface area contributed by atoms with Crippen molar-refractivity contribution in [2.45, 2.75) is 270 Å². The highest BCUT2D eigenvalue weighted by Gasteiger charge is 2.13. The third-order valence-corrected chi connectivity index (χ3v) is 10.7. The Balaban J connectivity index is 3.32. The zero-order chi connectivity index (χ0) is 36.3. The summed E-state index contributed by atoms with van der Waals surface area (Å²) >= 11 is 0. The molecule has 0 radical (unpaired) electrons. The second-order valence-electron chi connectivity index (χ2n) is 15.8. The first kappa shape index (κ1) is 49.4. The summed E-state index contributed by atoms with van der Waals surface area (Å²) in [4.78, 5) is 12.2. The van der Waals surface area contributed by atoms with Crippen LogP contribution < -0.4 is 0 Å². The van der Waals surface area contributed by atoms with Crippen molar-refractivity contribution in [2.75, 3.05) is 19.8 Å². The Kier molecular flexibility index (Phi) is 44.0. The molecule has 1 N–H and O–H groups in total. The van der Waals surface area contributed by atoms with E-state index in [9.17, 15) is 9.90 Å². The van der Waals surface area contributed by atoms with Crippen LogP contribution in [0.4, 0.5) is 0 Å². The number of hydrogen-bond donors (Lipinski definition) is 1. The quantitative estimate of drug-likeness (QED) is 0.0506. The Morgan fingerprint density at radius 3 is 0.940 bits per heavy atom. The Labute approximate surface area is 314 Å². The van der Waals surface area contributed by atoms with E-state index in [-0.39, 0.29) is 12.6 Å². The Morgan fingerprint density at radius 1 is 0.400 bits per heavy atom. The zero-order valence-corrected chi connectivity index (χ0v) is 34.4. The average Bonchev–Trinajstić information content (AvgIpc) is 3.12. The predicted molar refractivity (Wildman–Crippen MR) is 219 cm³/mol. The van der Waals surface area contributed by atoms with E-state index in [0.29, 0.717) is 19.6 Å². The van der Waals surface area contributed by atoms with Gasteiger partial charge in [0.05, 0.1) is 13.2 Å². The van der Waals surface area contributed by atoms with Gasteiger partial charge in [0, 0.05) is 13.0 Å². The van der Waals surface area contributed by atoms with Crippen molar-refractivity contribution in [3.63, 3.8) is 0 Å². The number of aliphatic hydroxyl groups excluding tert-OH is 1. The lowest BCUT2D eigenvalue weighted by Gasteiger charge is -2.16. The molecule has 1 atom stereocenters. The van der Waals surface area contributed by atoms with Gasteiger partial charge in [0.1, 0.15) is 6.10 Å². The predicted octanol–water partition coefficient (Wildman–Crippen LogP) is 15.2. The van der Waals surface area contributed by atoms with E-state index in [1.807, 2.05) is 0 Å². The Morgan fingerprint density at radius 2 is 0.660 bits per heavy atom. The molecular formula is C46H92O4. The van der Waals surface area contributed by atoms with Gasteiger partial charge in [-0.1, -0.05) is 245 Å². The lowest BCUT2D eigenvalue weighted by Crippen LogP contribution is -2.27. The van der Waals surface area contributed by atoms with Gasteiger partial charge in [-0.25, -0.2) is 0 Å². The minimum Gasteiger partial charge on any atom is -0.457 e. The first-order valence-corrected chi connectivity index (χ1v) is 23.1. The molecular weight excluding hydrogens is 617 g/mol. The number of aliphatic hydroxyl groups is 1. The van der Waals surface area contributed by atoms with E-state index in [4.69, 9.17) is 9.47 Å². The fourth-order valence-corrected chi connectivity index (χ4v) is 7.21. The maximum Gasteiger partial charge on any atom is 0.306 e. The van der Waals surface area contributed by atoms with Crippen LogP contribution >= 0.6 is 0 Å². The van der Waals surface area contributed by atoms with Crippen LogP contribution in [0.5, 0.6) is 0 Å². The number of ether oxygens (including phenoxy) is 2. The molecule has 300 valence electrons. The molecule has 0 amide bonds. The molecule has 0 aliphatic rings. The molecule has 0 saturated heterocycles. The molecule has 4 heteroatoms. The molecule has 0 spiro atoms. The Bertz CT molecular complexity index is 623. The second kappa shape index (κ2) is 44.6. The summed E-state index contributed by atoms with van der Waals surface area (Å²) in [5, 5.41) is 9.60. The van der Waals surface area contributed by atoms with Crippen molar-refractivity contribution in [3.8, 4) is 0 Å². The molecule has 0 bridgehead atoms. The molecule has 0 heterocycles. The molecule has 0 aliphatic carbocycles. The normalized spacial score (nSPS) is 12.1. The van der Waals surface area contributed by atoms with Crippen LogP contribution in [-0.2, 0) is 14.3 Å². The highest BCUT2D eigenvalue weighted by atomic mass is 16.6. The highest BCUT2D eigenvalue weighted by Crippen LogP contribution is 2.17. The standard InChI is InChI=1S/C46H92O4/c1-3-5-7-9-11-13-15-17-19-20-21-22-23-24-25-26-27-28-29-31-33-35-37-39-41-46(48)50-45(43-47)44-49-42-40-38-36-34-32-30-18-16-14-12-10-8-6-4-2/h45,47H,3-44H2,1-2H3. The fraction of sp³-hybridized carbons (Fsp3) is 0.978. The Hall–Kier alpha value is -0.610. The van der Waals surface area contributed by atoms with Crippen molar-refractivity contribution in [2.24, 2.45) is 0 Å². The van der Waals surface area contributed by atoms with Gasteiger partial charge >= 0.3 is 5.97 Å². The molecule has 0 aromatic rings. The van der Waals surface area contributed by atoms with Crippen molar-refractivity contribution in [1.82, 2.24) is 0 Å². The summed E-state index contributed by atoms with van der Waals surface area (Å²) < 4.78 is 11.2. The van der Waals surface area contributed by atoms with Gasteiger partial charge in [0.25, 0.3) is 0 Å². The molecule has 0 aromatic carbocycles. The first-order chi connectivity index (χ1) is 24.7. The fourth-order valence-electron chi connectivity index (χ4n) is 7.21. The van der Waals surface area contributed by atoms with Crippen LogP contribution in [0.25, 0.3) is 0 Å². The van der Waals surface area contributed by atoms with Crippen molar-refractivity contribution >= 4 is 5.97 Å². The molecule has 50 heavy (non-hydrogen) atoms. The lowest BCUT2D eigenvalue weighted by molar-refractivity contribution is -0.154. The van der Waals surface area contributed by atoms with E-state index in [1.54, 1.807) is 0 Å². The first-order valence-electron chi connectivity index (χ1n) is 23.1. The molecule has 4 nitrogen and oxygen atoms in total. The van der Waals surface area contributed by atoms with E-state index >= 15 is 0 Å². The van der Waals surface area contributed by atoms with Crippen LogP contribution in [0, 0.1) is 0 Å². The van der Waals surface area contributed by atoms with Gasteiger partial charge < -0.3 is 14.6 Å². The van der Waals surface area contributed by atoms with E-state index in [2.05, 4.69) is 13.8 Å². The maximum absolute atomic E-state index is 12.2. The van der Waals surface area contributed by atoms with Gasteiger partial charge in [-0.3, -0.25) is 4.79 Å². The molecule has 0 aliphatic heterocycles. The van der Waals surface area contributed by atoms with Crippen molar-refractivity contribution < 1.29 is 19.4 Å². The molecule has 0 saturated carbocycles. The molecule has 0 rings (SSSR count). The van der Waals surface area contributed by atoms with Gasteiger partial charge in [-0.05, 0) is 12.8 Å². The third kappa shape index (κ3) is 41.8.